The van der Waals surface area contributed by atoms with E-state index in [9.17, 15) is 9.59 Å². The number of imide groups is 1. The van der Waals surface area contributed by atoms with Crippen LogP contribution in [-0.2, 0) is 11.3 Å². The van der Waals surface area contributed by atoms with E-state index in [1.54, 1.807) is 13.8 Å². The van der Waals surface area contributed by atoms with Crippen molar-refractivity contribution in [2.24, 2.45) is 0 Å². The topological polar surface area (TPSA) is 79.3 Å². The van der Waals surface area contributed by atoms with E-state index < -0.39 is 5.54 Å². The molecule has 1 saturated heterocycles. The summed E-state index contributed by atoms with van der Waals surface area (Å²) < 4.78 is 1.88. The van der Waals surface area contributed by atoms with Gasteiger partial charge < -0.3 is 10.6 Å². The molecule has 116 valence electrons. The molecule has 1 aliphatic rings. The van der Waals surface area contributed by atoms with Crippen molar-refractivity contribution in [3.63, 3.8) is 0 Å². The quantitative estimate of drug-likeness (QED) is 0.749. The summed E-state index contributed by atoms with van der Waals surface area (Å²) in [7, 11) is 0. The molecule has 7 heteroatoms. The summed E-state index contributed by atoms with van der Waals surface area (Å²) >= 11 is 0. The van der Waals surface area contributed by atoms with Gasteiger partial charge in [0, 0.05) is 25.3 Å². The van der Waals surface area contributed by atoms with Crippen LogP contribution in [0.3, 0.4) is 0 Å². The van der Waals surface area contributed by atoms with Gasteiger partial charge in [-0.15, -0.1) is 0 Å². The Morgan fingerprint density at radius 2 is 2.14 bits per heavy atom. The average Bonchev–Trinajstić information content (AvgIpc) is 2.85. The van der Waals surface area contributed by atoms with Crippen LogP contribution in [0.5, 0.6) is 0 Å². The first kappa shape index (κ1) is 15.5. The smallest absolute Gasteiger partial charge is 0.324 e. The first-order valence-corrected chi connectivity index (χ1v) is 7.16. The number of hydrogen-bond donors (Lipinski definition) is 2. The molecule has 0 spiro atoms. The predicted octanol–water partition coefficient (Wildman–Crippen LogP) is 0.500. The molecule has 0 aromatic carbocycles. The largest absolute Gasteiger partial charge is 0.325 e. The Balaban J connectivity index is 1.76. The summed E-state index contributed by atoms with van der Waals surface area (Å²) in [6.45, 7) is 9.16. The molecule has 1 atom stereocenters. The van der Waals surface area contributed by atoms with Crippen molar-refractivity contribution in [3.05, 3.63) is 18.0 Å². The normalized spacial score (nSPS) is 19.0. The number of amides is 3. The lowest BCUT2D eigenvalue weighted by Crippen LogP contribution is -2.42. The van der Waals surface area contributed by atoms with Crippen LogP contribution in [0.1, 0.15) is 26.3 Å². The van der Waals surface area contributed by atoms with Crippen LogP contribution < -0.4 is 10.6 Å². The summed E-state index contributed by atoms with van der Waals surface area (Å²) in [4.78, 5) is 25.0. The monoisotopic (exact) mass is 293 g/mol. The van der Waals surface area contributed by atoms with Crippen molar-refractivity contribution in [1.82, 2.24) is 25.3 Å². The minimum Gasteiger partial charge on any atom is -0.324 e. The number of aryl methyl sites for hydroxylation is 1. The summed E-state index contributed by atoms with van der Waals surface area (Å²) in [6.07, 6.45) is 3.81. The van der Waals surface area contributed by atoms with E-state index in [1.807, 2.05) is 30.9 Å². The average molecular weight is 293 g/mol. The number of carbonyl (C=O) groups excluding carboxylic acids is 2. The fourth-order valence-electron chi connectivity index (χ4n) is 2.36. The van der Waals surface area contributed by atoms with Crippen LogP contribution >= 0.6 is 0 Å². The molecule has 7 nitrogen and oxygen atoms in total. The van der Waals surface area contributed by atoms with E-state index in [2.05, 4.69) is 15.7 Å². The first-order chi connectivity index (χ1) is 9.79. The fourth-order valence-corrected chi connectivity index (χ4v) is 2.36. The molecule has 0 unspecified atom stereocenters. The third-order valence-corrected chi connectivity index (χ3v) is 3.50. The second-order valence-electron chi connectivity index (χ2n) is 6.11. The van der Waals surface area contributed by atoms with Gasteiger partial charge in [-0.25, -0.2) is 4.79 Å². The number of rotatable bonds is 6. The molecule has 1 fully saturated rings. The Labute approximate surface area is 124 Å². The molecular weight excluding hydrogens is 270 g/mol. The second-order valence-corrected chi connectivity index (χ2v) is 6.11. The molecule has 0 bridgehead atoms. The molecule has 21 heavy (non-hydrogen) atoms. The highest BCUT2D eigenvalue weighted by Gasteiger charge is 2.43. The van der Waals surface area contributed by atoms with Crippen molar-refractivity contribution < 1.29 is 9.59 Å². The van der Waals surface area contributed by atoms with E-state index in [0.717, 1.165) is 12.1 Å². The highest BCUT2D eigenvalue weighted by molar-refractivity contribution is 6.06. The lowest BCUT2D eigenvalue weighted by atomic mass is 10.1. The minimum absolute atomic E-state index is 0.176. The van der Waals surface area contributed by atoms with Crippen molar-refractivity contribution >= 4 is 11.9 Å². The molecular formula is C14H23N5O2. The summed E-state index contributed by atoms with van der Waals surface area (Å²) in [5, 5.41) is 10.2. The third-order valence-electron chi connectivity index (χ3n) is 3.50. The van der Waals surface area contributed by atoms with Crippen LogP contribution in [0.15, 0.2) is 12.4 Å². The third kappa shape index (κ3) is 3.60. The highest BCUT2D eigenvalue weighted by Crippen LogP contribution is 2.15. The summed E-state index contributed by atoms with van der Waals surface area (Å²) in [6, 6.07) is -0.111. The molecule has 1 aliphatic heterocycles. The van der Waals surface area contributed by atoms with Gasteiger partial charge in [-0.1, -0.05) is 0 Å². The molecule has 0 aliphatic carbocycles. The Morgan fingerprint density at radius 1 is 1.43 bits per heavy atom. The van der Waals surface area contributed by atoms with Crippen molar-refractivity contribution in [2.75, 3.05) is 13.1 Å². The number of aromatic nitrogens is 2. The van der Waals surface area contributed by atoms with Gasteiger partial charge in [0.15, 0.2) is 0 Å². The lowest BCUT2D eigenvalue weighted by molar-refractivity contribution is -0.130. The molecule has 1 aromatic heterocycles. The van der Waals surface area contributed by atoms with Crippen molar-refractivity contribution in [2.45, 2.75) is 45.8 Å². The zero-order valence-electron chi connectivity index (χ0n) is 13.0. The Bertz CT molecular complexity index is 537. The van der Waals surface area contributed by atoms with E-state index in [4.69, 9.17) is 0 Å². The zero-order valence-corrected chi connectivity index (χ0v) is 13.0. The Kier molecular flexibility index (Phi) is 4.32. The van der Waals surface area contributed by atoms with Crippen LogP contribution in [0, 0.1) is 6.92 Å². The molecule has 2 heterocycles. The highest BCUT2D eigenvalue weighted by atomic mass is 16.2. The molecule has 2 N–H and O–H groups in total. The summed E-state index contributed by atoms with van der Waals surface area (Å²) in [5.74, 6) is -0.176. The van der Waals surface area contributed by atoms with E-state index >= 15 is 0 Å². The first-order valence-electron chi connectivity index (χ1n) is 7.16. The second kappa shape index (κ2) is 5.85. The van der Waals surface area contributed by atoms with Gasteiger partial charge in [0.2, 0.25) is 0 Å². The van der Waals surface area contributed by atoms with Gasteiger partial charge >= 0.3 is 6.03 Å². The van der Waals surface area contributed by atoms with Gasteiger partial charge in [0.25, 0.3) is 5.91 Å². The molecule has 1 aromatic rings. The maximum absolute atomic E-state index is 12.0. The summed E-state index contributed by atoms with van der Waals surface area (Å²) in [5.41, 5.74) is 0.332. The van der Waals surface area contributed by atoms with Gasteiger partial charge in [-0.3, -0.25) is 14.4 Å². The molecule has 3 amide bonds. The van der Waals surface area contributed by atoms with Crippen molar-refractivity contribution in [1.29, 1.82) is 0 Å². The number of urea groups is 1. The molecule has 0 radical (unpaired) electrons. The number of hydrogen-bond acceptors (Lipinski definition) is 4. The van der Waals surface area contributed by atoms with E-state index in [-0.39, 0.29) is 18.0 Å². The zero-order chi connectivity index (χ0) is 15.6. The minimum atomic E-state index is -0.796. The van der Waals surface area contributed by atoms with Gasteiger partial charge in [-0.2, -0.15) is 5.10 Å². The van der Waals surface area contributed by atoms with Crippen molar-refractivity contribution in [3.8, 4) is 0 Å². The molecule has 2 rings (SSSR count). The van der Waals surface area contributed by atoms with E-state index in [1.165, 1.54) is 4.90 Å². The number of nitrogens with one attached hydrogen (secondary N) is 2. The van der Waals surface area contributed by atoms with Crippen LogP contribution in [0.25, 0.3) is 0 Å². The SMILES string of the molecule is Cc1cnn(C[C@@H](C)NCCN2C(=O)NC(C)(C)C2=O)c1. The predicted molar refractivity (Wildman–Crippen MR) is 78.8 cm³/mol. The van der Waals surface area contributed by atoms with Crippen LogP contribution in [0.4, 0.5) is 4.79 Å². The van der Waals surface area contributed by atoms with E-state index in [0.29, 0.717) is 13.1 Å². The van der Waals surface area contributed by atoms with Gasteiger partial charge in [-0.05, 0) is 33.3 Å². The maximum atomic E-state index is 12.0. The number of carbonyl (C=O) groups is 2. The lowest BCUT2D eigenvalue weighted by Gasteiger charge is -2.18. The van der Waals surface area contributed by atoms with Crippen LogP contribution in [0.2, 0.25) is 0 Å². The number of nitrogens with zero attached hydrogens (tertiary/aromatic N) is 3. The Hall–Kier alpha value is -1.89. The molecule has 0 saturated carbocycles. The fraction of sp³-hybridized carbons (Fsp3) is 0.643. The Morgan fingerprint density at radius 3 is 2.67 bits per heavy atom. The van der Waals surface area contributed by atoms with Gasteiger partial charge in [0.05, 0.1) is 12.7 Å². The maximum Gasteiger partial charge on any atom is 0.325 e. The standard InChI is InChI=1S/C14H23N5O2/c1-10-7-16-18(8-10)9-11(2)15-5-6-19-12(20)14(3,4)17-13(19)21/h7-8,11,15H,5-6,9H2,1-4H3,(H,17,21)/t11-/m1/s1. The van der Waals surface area contributed by atoms with Crippen LogP contribution in [-0.4, -0.2) is 51.3 Å². The van der Waals surface area contributed by atoms with Gasteiger partial charge in [0.1, 0.15) is 5.54 Å².